The van der Waals surface area contributed by atoms with Crippen molar-refractivity contribution in [1.82, 2.24) is 10.2 Å². The quantitative estimate of drug-likeness (QED) is 0.892. The van der Waals surface area contributed by atoms with Crippen LogP contribution in [-0.4, -0.2) is 30.6 Å². The van der Waals surface area contributed by atoms with E-state index < -0.39 is 0 Å². The summed E-state index contributed by atoms with van der Waals surface area (Å²) in [7, 11) is 2.07. The number of nitrogens with zero attached hydrogens (tertiary/aromatic N) is 1. The summed E-state index contributed by atoms with van der Waals surface area (Å²) >= 11 is 3.52. The van der Waals surface area contributed by atoms with E-state index in [9.17, 15) is 0 Å². The molecule has 1 fully saturated rings. The van der Waals surface area contributed by atoms with Crippen LogP contribution in [0.1, 0.15) is 38.5 Å². The molecule has 0 saturated carbocycles. The number of likely N-dealkylation sites (tertiary alicyclic amines) is 1. The number of nitrogens with one attached hydrogen (secondary N) is 1. The summed E-state index contributed by atoms with van der Waals surface area (Å²) in [6.07, 6.45) is 2.36. The summed E-state index contributed by atoms with van der Waals surface area (Å²) in [5, 5.41) is 4.62. The Labute approximate surface area is 134 Å². The Bertz CT molecular complexity index is 629. The predicted molar refractivity (Wildman–Crippen MR) is 90.6 cm³/mol. The third-order valence-corrected chi connectivity index (χ3v) is 5.46. The van der Waals surface area contributed by atoms with Crippen LogP contribution in [0.3, 0.4) is 0 Å². The minimum Gasteiger partial charge on any atom is -0.459 e. The molecule has 1 unspecified atom stereocenters. The average molecular weight is 351 g/mol. The topological polar surface area (TPSA) is 28.4 Å². The van der Waals surface area contributed by atoms with Gasteiger partial charge >= 0.3 is 0 Å². The number of rotatable bonds is 3. The molecule has 1 atom stereocenters. The van der Waals surface area contributed by atoms with Crippen molar-refractivity contribution in [2.24, 2.45) is 0 Å². The van der Waals surface area contributed by atoms with Gasteiger partial charge in [-0.2, -0.15) is 0 Å². The number of piperidine rings is 1. The van der Waals surface area contributed by atoms with E-state index in [0.717, 1.165) is 28.9 Å². The van der Waals surface area contributed by atoms with Crippen molar-refractivity contribution in [2.45, 2.75) is 38.3 Å². The van der Waals surface area contributed by atoms with E-state index in [2.05, 4.69) is 59.2 Å². The standard InChI is InChI=1S/C17H23BrN2O/c1-12(20-8-6-17(2,19-3)7-9-20)16-11-13-10-14(18)4-5-15(13)21-16/h4-5,10-12,19H,6-9H2,1-3H3. The van der Waals surface area contributed by atoms with E-state index >= 15 is 0 Å². The first-order valence-corrected chi connectivity index (χ1v) is 8.42. The molecule has 0 aliphatic carbocycles. The summed E-state index contributed by atoms with van der Waals surface area (Å²) in [6, 6.07) is 8.68. The second kappa shape index (κ2) is 5.75. The predicted octanol–water partition coefficient (Wildman–Crippen LogP) is 4.33. The van der Waals surface area contributed by atoms with Gasteiger partial charge in [0.25, 0.3) is 0 Å². The maximum absolute atomic E-state index is 6.04. The second-order valence-corrected chi connectivity index (χ2v) is 7.27. The number of hydrogen-bond donors (Lipinski definition) is 1. The van der Waals surface area contributed by atoms with E-state index in [4.69, 9.17) is 4.42 Å². The molecule has 0 amide bonds. The first-order chi connectivity index (χ1) is 10.0. The molecule has 2 aromatic rings. The molecule has 21 heavy (non-hydrogen) atoms. The van der Waals surface area contributed by atoms with Gasteiger partial charge in [-0.15, -0.1) is 0 Å². The van der Waals surface area contributed by atoms with Crippen molar-refractivity contribution in [3.05, 3.63) is 34.5 Å². The van der Waals surface area contributed by atoms with E-state index in [1.54, 1.807) is 0 Å². The van der Waals surface area contributed by atoms with Gasteiger partial charge in [-0.25, -0.2) is 0 Å². The molecule has 4 heteroatoms. The van der Waals surface area contributed by atoms with Crippen LogP contribution in [0.15, 0.2) is 33.2 Å². The van der Waals surface area contributed by atoms with Crippen LogP contribution in [0.25, 0.3) is 11.0 Å². The monoisotopic (exact) mass is 350 g/mol. The lowest BCUT2D eigenvalue weighted by molar-refractivity contribution is 0.108. The van der Waals surface area contributed by atoms with Crippen molar-refractivity contribution >= 4 is 26.9 Å². The highest BCUT2D eigenvalue weighted by Crippen LogP contribution is 2.32. The van der Waals surface area contributed by atoms with E-state index in [0.29, 0.717) is 6.04 Å². The van der Waals surface area contributed by atoms with Gasteiger partial charge in [-0.3, -0.25) is 4.90 Å². The SMILES string of the molecule is CNC1(C)CCN(C(C)c2cc3cc(Br)ccc3o2)CC1. The zero-order valence-electron chi connectivity index (χ0n) is 12.9. The van der Waals surface area contributed by atoms with E-state index in [1.165, 1.54) is 18.2 Å². The van der Waals surface area contributed by atoms with Gasteiger partial charge in [0.15, 0.2) is 0 Å². The Morgan fingerprint density at radius 2 is 2.00 bits per heavy atom. The van der Waals surface area contributed by atoms with Crippen LogP contribution in [-0.2, 0) is 0 Å². The zero-order valence-corrected chi connectivity index (χ0v) is 14.5. The van der Waals surface area contributed by atoms with Crippen LogP contribution in [0.2, 0.25) is 0 Å². The third kappa shape index (κ3) is 3.03. The highest BCUT2D eigenvalue weighted by Gasteiger charge is 2.31. The molecule has 0 radical (unpaired) electrons. The van der Waals surface area contributed by atoms with Gasteiger partial charge in [0, 0.05) is 28.5 Å². The highest BCUT2D eigenvalue weighted by molar-refractivity contribution is 9.10. The Morgan fingerprint density at radius 1 is 1.29 bits per heavy atom. The minimum absolute atomic E-state index is 0.287. The summed E-state index contributed by atoms with van der Waals surface area (Å²) in [5.74, 6) is 1.07. The third-order valence-electron chi connectivity index (χ3n) is 4.96. The molecule has 114 valence electrons. The molecule has 3 nitrogen and oxygen atoms in total. The summed E-state index contributed by atoms with van der Waals surface area (Å²) in [4.78, 5) is 2.52. The first-order valence-electron chi connectivity index (χ1n) is 7.63. The molecule has 1 aliphatic heterocycles. The van der Waals surface area contributed by atoms with Crippen LogP contribution >= 0.6 is 15.9 Å². The number of benzene rings is 1. The average Bonchev–Trinajstić information content (AvgIpc) is 2.90. The Hall–Kier alpha value is -0.840. The summed E-state index contributed by atoms with van der Waals surface area (Å²) < 4.78 is 7.13. The van der Waals surface area contributed by atoms with Gasteiger partial charge < -0.3 is 9.73 Å². The minimum atomic E-state index is 0.287. The normalized spacial score (nSPS) is 20.8. The van der Waals surface area contributed by atoms with E-state index in [1.807, 2.05) is 12.1 Å². The smallest absolute Gasteiger partial charge is 0.134 e. The fourth-order valence-electron chi connectivity index (χ4n) is 3.08. The highest BCUT2D eigenvalue weighted by atomic mass is 79.9. The lowest BCUT2D eigenvalue weighted by atomic mass is 9.89. The van der Waals surface area contributed by atoms with E-state index in [-0.39, 0.29) is 5.54 Å². The maximum atomic E-state index is 6.04. The molecule has 0 spiro atoms. The van der Waals surface area contributed by atoms with Crippen molar-refractivity contribution < 1.29 is 4.42 Å². The van der Waals surface area contributed by atoms with Crippen molar-refractivity contribution in [3.63, 3.8) is 0 Å². The Kier molecular flexibility index (Phi) is 4.12. The fraction of sp³-hybridized carbons (Fsp3) is 0.529. The van der Waals surface area contributed by atoms with Gasteiger partial charge in [0.1, 0.15) is 11.3 Å². The van der Waals surface area contributed by atoms with Gasteiger partial charge in [0.05, 0.1) is 6.04 Å². The van der Waals surface area contributed by atoms with Gasteiger partial charge in [0.2, 0.25) is 0 Å². The molecule has 1 N–H and O–H groups in total. The molecule has 1 aromatic heterocycles. The summed E-state index contributed by atoms with van der Waals surface area (Å²) in [6.45, 7) is 6.78. The Morgan fingerprint density at radius 3 is 2.67 bits per heavy atom. The molecular weight excluding hydrogens is 328 g/mol. The molecule has 3 rings (SSSR count). The molecule has 1 saturated heterocycles. The number of furan rings is 1. The fourth-order valence-corrected chi connectivity index (χ4v) is 3.45. The maximum Gasteiger partial charge on any atom is 0.134 e. The molecular formula is C17H23BrN2O. The second-order valence-electron chi connectivity index (χ2n) is 6.35. The lowest BCUT2D eigenvalue weighted by Gasteiger charge is -2.41. The molecule has 0 bridgehead atoms. The van der Waals surface area contributed by atoms with Crippen molar-refractivity contribution in [2.75, 3.05) is 20.1 Å². The largest absolute Gasteiger partial charge is 0.459 e. The van der Waals surface area contributed by atoms with Gasteiger partial charge in [-0.1, -0.05) is 15.9 Å². The molecule has 1 aliphatic rings. The Balaban J connectivity index is 1.76. The van der Waals surface area contributed by atoms with Crippen LogP contribution in [0, 0.1) is 0 Å². The van der Waals surface area contributed by atoms with Crippen LogP contribution in [0.4, 0.5) is 0 Å². The van der Waals surface area contributed by atoms with Crippen molar-refractivity contribution in [1.29, 1.82) is 0 Å². The lowest BCUT2D eigenvalue weighted by Crippen LogP contribution is -2.50. The van der Waals surface area contributed by atoms with Crippen LogP contribution < -0.4 is 5.32 Å². The number of halogens is 1. The number of hydrogen-bond acceptors (Lipinski definition) is 3. The van der Waals surface area contributed by atoms with Crippen molar-refractivity contribution in [3.8, 4) is 0 Å². The summed E-state index contributed by atoms with van der Waals surface area (Å²) in [5.41, 5.74) is 1.26. The molecule has 2 heterocycles. The molecule has 1 aromatic carbocycles. The number of fused-ring (bicyclic) bond motifs is 1. The zero-order chi connectivity index (χ0) is 15.0. The van der Waals surface area contributed by atoms with Crippen LogP contribution in [0.5, 0.6) is 0 Å². The van der Waals surface area contributed by atoms with Gasteiger partial charge in [-0.05, 0) is 58.0 Å². The first kappa shape index (κ1) is 15.1.